The lowest BCUT2D eigenvalue weighted by molar-refractivity contribution is -0.212. The number of anilines is 1. The van der Waals surface area contributed by atoms with Crippen molar-refractivity contribution in [1.82, 2.24) is 14.4 Å². The summed E-state index contributed by atoms with van der Waals surface area (Å²) in [6, 6.07) is 14.4. The Labute approximate surface area is 285 Å². The van der Waals surface area contributed by atoms with Crippen LogP contribution in [0.2, 0.25) is 0 Å². The second-order valence-electron chi connectivity index (χ2n) is 15.0. The van der Waals surface area contributed by atoms with Crippen molar-refractivity contribution in [3.05, 3.63) is 77.6 Å². The SMILES string of the molecule is CC(=O)OC1(C(C)C)C(=O)N2C(=C[C@]3(c4cn(C(=O)OC(C)(C)C)c5ccccc45)c4ccccc4N(C(=O)OC(C)(C)C)[C@H]23)C(=O)N1C. The fourth-order valence-corrected chi connectivity index (χ4v) is 7.35. The fraction of sp³-hybridized carbons (Fsp3) is 0.432. The number of hydrogen-bond donors (Lipinski definition) is 0. The normalized spacial score (nSPS) is 23.4. The van der Waals surface area contributed by atoms with Crippen molar-refractivity contribution in [3.63, 3.8) is 0 Å². The van der Waals surface area contributed by atoms with Crippen LogP contribution in [0.1, 0.15) is 73.4 Å². The zero-order valence-electron chi connectivity index (χ0n) is 29.5. The van der Waals surface area contributed by atoms with Crippen LogP contribution in [0.3, 0.4) is 0 Å². The number of aromatic nitrogens is 1. The number of hydrogen-bond acceptors (Lipinski definition) is 8. The van der Waals surface area contributed by atoms with E-state index in [1.165, 1.54) is 28.3 Å². The van der Waals surface area contributed by atoms with Gasteiger partial charge in [-0.05, 0) is 70.9 Å². The van der Waals surface area contributed by atoms with Crippen LogP contribution >= 0.6 is 0 Å². The van der Waals surface area contributed by atoms with E-state index in [0.717, 1.165) is 4.90 Å². The van der Waals surface area contributed by atoms with Crippen molar-refractivity contribution in [2.75, 3.05) is 11.9 Å². The molecule has 3 aliphatic heterocycles. The largest absolute Gasteiger partial charge is 0.443 e. The lowest BCUT2D eigenvalue weighted by Gasteiger charge is -2.50. The molecule has 0 saturated carbocycles. The molecule has 0 aliphatic carbocycles. The van der Waals surface area contributed by atoms with E-state index in [0.29, 0.717) is 27.7 Å². The zero-order chi connectivity index (χ0) is 36.0. The maximum atomic E-state index is 15.1. The summed E-state index contributed by atoms with van der Waals surface area (Å²) in [5.74, 6) is -2.71. The van der Waals surface area contributed by atoms with Crippen LogP contribution in [0.25, 0.3) is 10.9 Å². The minimum Gasteiger partial charge on any atom is -0.443 e. The van der Waals surface area contributed by atoms with Crippen molar-refractivity contribution in [2.45, 2.75) is 90.8 Å². The first-order valence-corrected chi connectivity index (χ1v) is 16.3. The molecular formula is C37H42N4O8. The minimum absolute atomic E-state index is 0.00177. The fourth-order valence-electron chi connectivity index (χ4n) is 7.35. The topological polar surface area (TPSA) is 128 Å². The number of esters is 1. The van der Waals surface area contributed by atoms with Gasteiger partial charge >= 0.3 is 18.2 Å². The monoisotopic (exact) mass is 670 g/mol. The Balaban J connectivity index is 1.70. The lowest BCUT2D eigenvalue weighted by atomic mass is 9.74. The number of ether oxygens (including phenoxy) is 3. The van der Waals surface area contributed by atoms with Crippen LogP contribution in [0.15, 0.2) is 66.5 Å². The van der Waals surface area contributed by atoms with E-state index >= 15 is 4.79 Å². The molecule has 4 heterocycles. The summed E-state index contributed by atoms with van der Waals surface area (Å²) in [6.07, 6.45) is 0.737. The van der Waals surface area contributed by atoms with Gasteiger partial charge in [-0.25, -0.2) is 9.59 Å². The number of fused-ring (bicyclic) bond motifs is 6. The van der Waals surface area contributed by atoms with Crippen LogP contribution in [0.4, 0.5) is 15.3 Å². The summed E-state index contributed by atoms with van der Waals surface area (Å²) in [5, 5.41) is 0.638. The van der Waals surface area contributed by atoms with Gasteiger partial charge in [0.1, 0.15) is 23.1 Å². The van der Waals surface area contributed by atoms with Gasteiger partial charge in [-0.3, -0.25) is 33.7 Å². The van der Waals surface area contributed by atoms with Crippen molar-refractivity contribution >= 4 is 46.6 Å². The summed E-state index contributed by atoms with van der Waals surface area (Å²) in [5.41, 5.74) is -3.00. The van der Waals surface area contributed by atoms with E-state index in [4.69, 9.17) is 14.2 Å². The van der Waals surface area contributed by atoms with Crippen molar-refractivity contribution in [1.29, 1.82) is 0 Å². The Morgan fingerprint density at radius 3 is 2.04 bits per heavy atom. The van der Waals surface area contributed by atoms with Crippen molar-refractivity contribution in [2.24, 2.45) is 5.92 Å². The second-order valence-corrected chi connectivity index (χ2v) is 15.0. The van der Waals surface area contributed by atoms with Gasteiger partial charge in [-0.2, -0.15) is 0 Å². The molecule has 3 aliphatic rings. The number of amides is 3. The predicted molar refractivity (Wildman–Crippen MR) is 180 cm³/mol. The van der Waals surface area contributed by atoms with Gasteiger partial charge in [0.05, 0.1) is 16.6 Å². The first-order chi connectivity index (χ1) is 22.8. The molecule has 3 atom stereocenters. The molecule has 0 N–H and O–H groups in total. The van der Waals surface area contributed by atoms with Gasteiger partial charge in [0.2, 0.25) is 0 Å². The smallest absolute Gasteiger partial charge is 0.419 e. The standard InChI is InChI=1S/C37H42N4O8/c1-21(2)37(47-22(3)42)31(44)40-28(29(43)38(37)10)19-36(24-16-12-14-18-27(24)41(30(36)40)33(46)49-35(7,8)9)25-20-39(32(45)48-34(4,5)6)26-17-13-11-15-23(25)26/h11-21,30H,1-10H3/t30-,36+,37?/m0/s1. The third kappa shape index (κ3) is 4.90. The second kappa shape index (κ2) is 10.9. The highest BCUT2D eigenvalue weighted by Gasteiger charge is 2.69. The zero-order valence-corrected chi connectivity index (χ0v) is 29.5. The van der Waals surface area contributed by atoms with E-state index < -0.39 is 64.4 Å². The van der Waals surface area contributed by atoms with Crippen LogP contribution in [0, 0.1) is 5.92 Å². The molecule has 12 nitrogen and oxygen atoms in total. The van der Waals surface area contributed by atoms with Crippen molar-refractivity contribution < 1.29 is 38.2 Å². The minimum atomic E-state index is -2.02. The van der Waals surface area contributed by atoms with Gasteiger partial charge in [0.15, 0.2) is 0 Å². The number of nitrogens with zero attached hydrogens (tertiary/aromatic N) is 4. The first kappa shape index (κ1) is 33.8. The molecule has 3 aromatic rings. The molecule has 12 heteroatoms. The summed E-state index contributed by atoms with van der Waals surface area (Å²) in [4.78, 5) is 74.0. The molecule has 49 heavy (non-hydrogen) atoms. The number of carbonyl (C=O) groups is 5. The predicted octanol–water partition coefficient (Wildman–Crippen LogP) is 5.91. The maximum absolute atomic E-state index is 15.1. The number of benzene rings is 2. The van der Waals surface area contributed by atoms with E-state index in [1.54, 1.807) is 91.9 Å². The molecule has 0 radical (unpaired) electrons. The molecule has 1 unspecified atom stereocenters. The molecule has 0 spiro atoms. The van der Waals surface area contributed by atoms with Gasteiger partial charge in [-0.15, -0.1) is 0 Å². The third-order valence-electron chi connectivity index (χ3n) is 9.10. The number of rotatable bonds is 3. The summed E-state index contributed by atoms with van der Waals surface area (Å²) in [7, 11) is 1.43. The molecule has 0 bridgehead atoms. The Morgan fingerprint density at radius 1 is 0.837 bits per heavy atom. The molecule has 3 amide bonds. The first-order valence-electron chi connectivity index (χ1n) is 16.3. The van der Waals surface area contributed by atoms with Crippen LogP contribution in [-0.2, 0) is 34.0 Å². The molecule has 2 aromatic carbocycles. The number of para-hydroxylation sites is 2. The van der Waals surface area contributed by atoms with Gasteiger partial charge in [-0.1, -0.05) is 50.2 Å². The van der Waals surface area contributed by atoms with Gasteiger partial charge < -0.3 is 14.2 Å². The summed E-state index contributed by atoms with van der Waals surface area (Å²) >= 11 is 0. The van der Waals surface area contributed by atoms with Gasteiger partial charge in [0.25, 0.3) is 17.5 Å². The Bertz CT molecular complexity index is 1960. The van der Waals surface area contributed by atoms with Crippen LogP contribution in [-0.4, -0.2) is 74.5 Å². The number of carbonyl (C=O) groups excluding carboxylic acids is 5. The van der Waals surface area contributed by atoms with E-state index in [-0.39, 0.29) is 5.70 Å². The highest BCUT2D eigenvalue weighted by atomic mass is 16.6. The molecule has 1 fully saturated rings. The molecule has 6 rings (SSSR count). The summed E-state index contributed by atoms with van der Waals surface area (Å²) < 4.78 is 18.9. The maximum Gasteiger partial charge on any atom is 0.419 e. The quantitative estimate of drug-likeness (QED) is 0.249. The number of piperazine rings is 1. The molecule has 1 saturated heterocycles. The Morgan fingerprint density at radius 2 is 1.43 bits per heavy atom. The molecule has 258 valence electrons. The summed E-state index contributed by atoms with van der Waals surface area (Å²) in [6.45, 7) is 15.1. The Hall–Kier alpha value is -5.13. The molecule has 1 aromatic heterocycles. The van der Waals surface area contributed by atoms with E-state index in [2.05, 4.69) is 0 Å². The van der Waals surface area contributed by atoms with E-state index in [1.807, 2.05) is 24.3 Å². The highest BCUT2D eigenvalue weighted by molar-refractivity contribution is 6.10. The van der Waals surface area contributed by atoms with Crippen LogP contribution < -0.4 is 4.90 Å². The number of likely N-dealkylation sites (N-methyl/N-ethyl adjacent to an activating group) is 1. The molecular weight excluding hydrogens is 628 g/mol. The van der Waals surface area contributed by atoms with Crippen molar-refractivity contribution in [3.8, 4) is 0 Å². The third-order valence-corrected chi connectivity index (χ3v) is 9.10. The lowest BCUT2D eigenvalue weighted by Crippen LogP contribution is -2.72. The highest BCUT2D eigenvalue weighted by Crippen LogP contribution is 2.59. The average Bonchev–Trinajstić information content (AvgIpc) is 3.63. The average molecular weight is 671 g/mol. The van der Waals surface area contributed by atoms with Gasteiger partial charge in [0, 0.05) is 31.5 Å². The van der Waals surface area contributed by atoms with Crippen LogP contribution in [0.5, 0.6) is 0 Å². The van der Waals surface area contributed by atoms with E-state index in [9.17, 15) is 19.2 Å². The Kier molecular flexibility index (Phi) is 7.54.